The summed E-state index contributed by atoms with van der Waals surface area (Å²) >= 11 is 0. The highest BCUT2D eigenvalue weighted by molar-refractivity contribution is 6.00. The maximum atomic E-state index is 13.5. The van der Waals surface area contributed by atoms with Crippen molar-refractivity contribution in [3.8, 4) is 22.9 Å². The zero-order chi connectivity index (χ0) is 21.1. The molecule has 1 aliphatic heterocycles. The monoisotopic (exact) mass is 407 g/mol. The first kappa shape index (κ1) is 19.9. The lowest BCUT2D eigenvalue weighted by molar-refractivity contribution is 0.0554. The highest BCUT2D eigenvalue weighted by Crippen LogP contribution is 2.36. The molecule has 1 atom stereocenters. The van der Waals surface area contributed by atoms with Crippen LogP contribution in [0.25, 0.3) is 11.4 Å². The number of carbonyl (C=O) groups is 1. The van der Waals surface area contributed by atoms with Gasteiger partial charge in [-0.25, -0.2) is 0 Å². The van der Waals surface area contributed by atoms with E-state index in [1.54, 1.807) is 37.3 Å². The van der Waals surface area contributed by atoms with Crippen molar-refractivity contribution in [1.29, 1.82) is 0 Å². The molecule has 1 aliphatic rings. The van der Waals surface area contributed by atoms with Crippen LogP contribution >= 0.6 is 0 Å². The molecule has 0 aliphatic carbocycles. The van der Waals surface area contributed by atoms with E-state index >= 15 is 0 Å². The Morgan fingerprint density at radius 1 is 1.07 bits per heavy atom. The highest BCUT2D eigenvalue weighted by Gasteiger charge is 2.35. The van der Waals surface area contributed by atoms with E-state index in [0.717, 1.165) is 30.4 Å². The van der Waals surface area contributed by atoms with Crippen molar-refractivity contribution in [3.63, 3.8) is 0 Å². The number of benzene rings is 2. The van der Waals surface area contributed by atoms with Crippen LogP contribution in [-0.2, 0) is 0 Å². The van der Waals surface area contributed by atoms with E-state index in [9.17, 15) is 4.79 Å². The molecule has 2 aromatic carbocycles. The van der Waals surface area contributed by atoms with Gasteiger partial charge < -0.3 is 18.9 Å². The molecule has 2 heterocycles. The van der Waals surface area contributed by atoms with Crippen molar-refractivity contribution < 1.29 is 18.8 Å². The maximum Gasteiger partial charge on any atom is 0.262 e. The molecule has 1 aromatic heterocycles. The van der Waals surface area contributed by atoms with Gasteiger partial charge in [0.1, 0.15) is 23.1 Å². The molecule has 3 aromatic rings. The Hall–Kier alpha value is -3.35. The molecule has 0 N–H and O–H groups in total. The molecule has 1 amide bonds. The predicted molar refractivity (Wildman–Crippen MR) is 112 cm³/mol. The fourth-order valence-electron chi connectivity index (χ4n) is 3.83. The first-order valence-corrected chi connectivity index (χ1v) is 10.0. The number of aromatic nitrogens is 2. The van der Waals surface area contributed by atoms with Crippen molar-refractivity contribution in [1.82, 2.24) is 15.0 Å². The third kappa shape index (κ3) is 3.75. The molecular formula is C23H25N3O4. The average Bonchev–Trinajstić information content (AvgIpc) is 3.28. The summed E-state index contributed by atoms with van der Waals surface area (Å²) in [7, 11) is 3.09. The zero-order valence-electron chi connectivity index (χ0n) is 17.4. The van der Waals surface area contributed by atoms with Gasteiger partial charge in [-0.1, -0.05) is 41.1 Å². The largest absolute Gasteiger partial charge is 0.496 e. The number of piperidine rings is 1. The Morgan fingerprint density at radius 3 is 2.43 bits per heavy atom. The first-order chi connectivity index (χ1) is 14.6. The number of hydrogen-bond acceptors (Lipinski definition) is 6. The van der Waals surface area contributed by atoms with Gasteiger partial charge in [0, 0.05) is 12.1 Å². The standard InChI is InChI=1S/C23H25N3O4/c1-15-10-12-16(13-11-15)21-24-22(30-25-21)17-7-4-5-14-26(17)23(27)20-18(28-2)8-6-9-19(20)29-3/h6,8-13,17H,4-5,7,14H2,1-3H3. The van der Waals surface area contributed by atoms with Gasteiger partial charge in [-0.3, -0.25) is 4.79 Å². The van der Waals surface area contributed by atoms with Gasteiger partial charge in [-0.05, 0) is 38.3 Å². The molecule has 4 rings (SSSR count). The van der Waals surface area contributed by atoms with Gasteiger partial charge >= 0.3 is 0 Å². The van der Waals surface area contributed by atoms with Crippen molar-refractivity contribution in [2.45, 2.75) is 32.2 Å². The van der Waals surface area contributed by atoms with Crippen molar-refractivity contribution in [2.24, 2.45) is 0 Å². The molecule has 0 saturated carbocycles. The Labute approximate surface area is 175 Å². The van der Waals surface area contributed by atoms with Crippen LogP contribution in [-0.4, -0.2) is 41.7 Å². The van der Waals surface area contributed by atoms with E-state index < -0.39 is 0 Å². The van der Waals surface area contributed by atoms with Crippen LogP contribution in [0.2, 0.25) is 0 Å². The molecule has 0 bridgehead atoms. The number of carbonyl (C=O) groups excluding carboxylic acids is 1. The average molecular weight is 407 g/mol. The van der Waals surface area contributed by atoms with Crippen LogP contribution in [0.15, 0.2) is 47.0 Å². The lowest BCUT2D eigenvalue weighted by atomic mass is 10.00. The van der Waals surface area contributed by atoms with Crippen LogP contribution in [0.1, 0.15) is 47.1 Å². The first-order valence-electron chi connectivity index (χ1n) is 10.0. The summed E-state index contributed by atoms with van der Waals surface area (Å²) in [4.78, 5) is 19.9. The summed E-state index contributed by atoms with van der Waals surface area (Å²) < 4.78 is 16.5. The number of aryl methyl sites for hydroxylation is 1. The normalized spacial score (nSPS) is 16.4. The second-order valence-electron chi connectivity index (χ2n) is 7.37. The number of hydrogen-bond donors (Lipinski definition) is 0. The minimum Gasteiger partial charge on any atom is -0.496 e. The summed E-state index contributed by atoms with van der Waals surface area (Å²) in [6.45, 7) is 2.63. The number of ether oxygens (including phenoxy) is 2. The van der Waals surface area contributed by atoms with Gasteiger partial charge in [0.05, 0.1) is 14.2 Å². The fourth-order valence-corrected chi connectivity index (χ4v) is 3.83. The molecule has 30 heavy (non-hydrogen) atoms. The predicted octanol–water partition coefficient (Wildman–Crippen LogP) is 4.43. The second kappa shape index (κ2) is 8.57. The number of amides is 1. The van der Waals surface area contributed by atoms with Crippen LogP contribution in [0.3, 0.4) is 0 Å². The van der Waals surface area contributed by atoms with Gasteiger partial charge in [0.25, 0.3) is 5.91 Å². The lowest BCUT2D eigenvalue weighted by Crippen LogP contribution is -2.39. The molecule has 1 unspecified atom stereocenters. The van der Waals surface area contributed by atoms with Gasteiger partial charge in [-0.2, -0.15) is 4.98 Å². The summed E-state index contributed by atoms with van der Waals surface area (Å²) in [5.74, 6) is 1.78. The topological polar surface area (TPSA) is 77.7 Å². The summed E-state index contributed by atoms with van der Waals surface area (Å²) in [6, 6.07) is 13.0. The van der Waals surface area contributed by atoms with E-state index in [4.69, 9.17) is 14.0 Å². The Balaban J connectivity index is 1.66. The molecule has 156 valence electrons. The van der Waals surface area contributed by atoms with Gasteiger partial charge in [0.2, 0.25) is 11.7 Å². The third-order valence-electron chi connectivity index (χ3n) is 5.44. The molecule has 1 fully saturated rings. The third-order valence-corrected chi connectivity index (χ3v) is 5.44. The highest BCUT2D eigenvalue weighted by atomic mass is 16.5. The number of methoxy groups -OCH3 is 2. The minimum atomic E-state index is -0.285. The van der Waals surface area contributed by atoms with Gasteiger partial charge in [-0.15, -0.1) is 0 Å². The number of nitrogens with zero attached hydrogens (tertiary/aromatic N) is 3. The summed E-state index contributed by atoms with van der Waals surface area (Å²) in [5.41, 5.74) is 2.46. The quantitative estimate of drug-likeness (QED) is 0.623. The molecule has 7 nitrogen and oxygen atoms in total. The van der Waals surface area contributed by atoms with Crippen LogP contribution in [0.4, 0.5) is 0 Å². The lowest BCUT2D eigenvalue weighted by Gasteiger charge is -2.34. The minimum absolute atomic E-state index is 0.163. The number of likely N-dealkylation sites (tertiary alicyclic amines) is 1. The van der Waals surface area contributed by atoms with E-state index in [1.807, 2.05) is 31.2 Å². The van der Waals surface area contributed by atoms with E-state index in [0.29, 0.717) is 35.3 Å². The smallest absolute Gasteiger partial charge is 0.262 e. The van der Waals surface area contributed by atoms with Crippen molar-refractivity contribution in [3.05, 3.63) is 59.5 Å². The molecular weight excluding hydrogens is 382 g/mol. The molecule has 1 saturated heterocycles. The Bertz CT molecular complexity index is 1010. The Kier molecular flexibility index (Phi) is 5.70. The van der Waals surface area contributed by atoms with E-state index in [-0.39, 0.29) is 11.9 Å². The van der Waals surface area contributed by atoms with Crippen molar-refractivity contribution >= 4 is 5.91 Å². The fraction of sp³-hybridized carbons (Fsp3) is 0.348. The number of rotatable bonds is 5. The van der Waals surface area contributed by atoms with Crippen LogP contribution in [0.5, 0.6) is 11.5 Å². The molecule has 0 spiro atoms. The second-order valence-corrected chi connectivity index (χ2v) is 7.37. The Morgan fingerprint density at radius 2 is 1.77 bits per heavy atom. The molecule has 0 radical (unpaired) electrons. The van der Waals surface area contributed by atoms with Gasteiger partial charge in [0.15, 0.2) is 0 Å². The summed E-state index contributed by atoms with van der Waals surface area (Å²) in [6.07, 6.45) is 2.66. The molecule has 7 heteroatoms. The van der Waals surface area contributed by atoms with E-state index in [1.165, 1.54) is 0 Å². The van der Waals surface area contributed by atoms with Crippen LogP contribution in [0, 0.1) is 6.92 Å². The van der Waals surface area contributed by atoms with E-state index in [2.05, 4.69) is 10.1 Å². The summed E-state index contributed by atoms with van der Waals surface area (Å²) in [5, 5.41) is 4.15. The van der Waals surface area contributed by atoms with Crippen molar-refractivity contribution in [2.75, 3.05) is 20.8 Å². The maximum absolute atomic E-state index is 13.5. The van der Waals surface area contributed by atoms with Crippen LogP contribution < -0.4 is 9.47 Å². The SMILES string of the molecule is COc1cccc(OC)c1C(=O)N1CCCCC1c1nc(-c2ccc(C)cc2)no1. The zero-order valence-corrected chi connectivity index (χ0v) is 17.4.